The number of hydrogen-bond donors (Lipinski definition) is 1. The SMILES string of the molecule is CCSCCS(=O)c1ccc(C)cc1N. The largest absolute Gasteiger partial charge is 0.398 e. The van der Waals surface area contributed by atoms with Crippen LogP contribution in [0.15, 0.2) is 23.1 Å². The Morgan fingerprint density at radius 1 is 1.47 bits per heavy atom. The van der Waals surface area contributed by atoms with Crippen molar-refractivity contribution in [3.05, 3.63) is 23.8 Å². The van der Waals surface area contributed by atoms with Crippen LogP contribution in [0.4, 0.5) is 5.69 Å². The lowest BCUT2D eigenvalue weighted by Crippen LogP contribution is -2.04. The van der Waals surface area contributed by atoms with Crippen molar-refractivity contribution in [2.75, 3.05) is 23.0 Å². The average Bonchev–Trinajstić information content (AvgIpc) is 2.17. The van der Waals surface area contributed by atoms with Crippen molar-refractivity contribution in [1.29, 1.82) is 0 Å². The molecule has 0 saturated carbocycles. The lowest BCUT2D eigenvalue weighted by atomic mass is 10.2. The zero-order valence-corrected chi connectivity index (χ0v) is 10.8. The summed E-state index contributed by atoms with van der Waals surface area (Å²) in [4.78, 5) is 0.775. The molecule has 0 bridgehead atoms. The molecule has 1 atom stereocenters. The summed E-state index contributed by atoms with van der Waals surface area (Å²) in [5, 5.41) is 0. The van der Waals surface area contributed by atoms with E-state index in [0.717, 1.165) is 22.0 Å². The van der Waals surface area contributed by atoms with E-state index >= 15 is 0 Å². The van der Waals surface area contributed by atoms with Crippen LogP contribution in [-0.2, 0) is 10.8 Å². The molecule has 0 aliphatic heterocycles. The number of hydrogen-bond acceptors (Lipinski definition) is 3. The number of nitrogens with two attached hydrogens (primary N) is 1. The Labute approximate surface area is 98.1 Å². The minimum Gasteiger partial charge on any atom is -0.398 e. The van der Waals surface area contributed by atoms with Gasteiger partial charge in [0.25, 0.3) is 0 Å². The summed E-state index contributed by atoms with van der Waals surface area (Å²) in [6.45, 7) is 4.09. The van der Waals surface area contributed by atoms with E-state index in [1.807, 2.05) is 25.1 Å². The van der Waals surface area contributed by atoms with Gasteiger partial charge in [-0.3, -0.25) is 4.21 Å². The molecule has 0 amide bonds. The lowest BCUT2D eigenvalue weighted by Gasteiger charge is -2.06. The lowest BCUT2D eigenvalue weighted by molar-refractivity contribution is 0.684. The molecule has 0 aromatic heterocycles. The minimum atomic E-state index is -0.951. The van der Waals surface area contributed by atoms with Gasteiger partial charge in [0.1, 0.15) is 0 Å². The van der Waals surface area contributed by atoms with Gasteiger partial charge in [0.15, 0.2) is 0 Å². The molecule has 1 unspecified atom stereocenters. The van der Waals surface area contributed by atoms with E-state index in [0.29, 0.717) is 11.4 Å². The summed E-state index contributed by atoms with van der Waals surface area (Å²) < 4.78 is 11.9. The molecule has 0 radical (unpaired) electrons. The highest BCUT2D eigenvalue weighted by molar-refractivity contribution is 8.00. The Morgan fingerprint density at radius 3 is 2.80 bits per heavy atom. The van der Waals surface area contributed by atoms with E-state index in [2.05, 4.69) is 6.92 Å². The summed E-state index contributed by atoms with van der Waals surface area (Å²) in [5.74, 6) is 2.68. The van der Waals surface area contributed by atoms with Gasteiger partial charge in [0.05, 0.1) is 15.7 Å². The first-order valence-corrected chi connectivity index (χ1v) is 7.44. The molecule has 1 aromatic rings. The molecule has 0 aliphatic rings. The second kappa shape index (κ2) is 6.18. The van der Waals surface area contributed by atoms with Crippen LogP contribution in [0.1, 0.15) is 12.5 Å². The molecular weight excluding hydrogens is 226 g/mol. The molecule has 0 aliphatic carbocycles. The van der Waals surface area contributed by atoms with Crippen molar-refractivity contribution in [3.8, 4) is 0 Å². The van der Waals surface area contributed by atoms with Crippen molar-refractivity contribution < 1.29 is 4.21 Å². The molecule has 2 nitrogen and oxygen atoms in total. The van der Waals surface area contributed by atoms with E-state index < -0.39 is 10.8 Å². The molecular formula is C11H17NOS2. The third-order valence-electron chi connectivity index (χ3n) is 2.03. The van der Waals surface area contributed by atoms with Crippen LogP contribution < -0.4 is 5.73 Å². The van der Waals surface area contributed by atoms with Gasteiger partial charge in [-0.1, -0.05) is 13.0 Å². The van der Waals surface area contributed by atoms with E-state index in [-0.39, 0.29) is 0 Å². The zero-order chi connectivity index (χ0) is 11.3. The number of rotatable bonds is 5. The Morgan fingerprint density at radius 2 is 2.20 bits per heavy atom. The van der Waals surface area contributed by atoms with Crippen LogP contribution in [0.5, 0.6) is 0 Å². The number of benzene rings is 1. The monoisotopic (exact) mass is 243 g/mol. The van der Waals surface area contributed by atoms with Crippen LogP contribution in [0.2, 0.25) is 0 Å². The molecule has 2 N–H and O–H groups in total. The summed E-state index contributed by atoms with van der Waals surface area (Å²) >= 11 is 1.81. The highest BCUT2D eigenvalue weighted by Gasteiger charge is 2.07. The maximum atomic E-state index is 11.9. The van der Waals surface area contributed by atoms with Crippen molar-refractivity contribution in [2.45, 2.75) is 18.7 Å². The van der Waals surface area contributed by atoms with E-state index in [1.54, 1.807) is 11.8 Å². The number of anilines is 1. The van der Waals surface area contributed by atoms with Gasteiger partial charge in [-0.15, -0.1) is 0 Å². The first-order chi connectivity index (χ1) is 7.15. The second-order valence-electron chi connectivity index (χ2n) is 3.29. The zero-order valence-electron chi connectivity index (χ0n) is 9.16. The Hall–Kier alpha value is -0.480. The van der Waals surface area contributed by atoms with Gasteiger partial charge in [-0.25, -0.2) is 0 Å². The van der Waals surface area contributed by atoms with Crippen molar-refractivity contribution in [1.82, 2.24) is 0 Å². The Balaban J connectivity index is 2.65. The van der Waals surface area contributed by atoms with E-state index in [1.165, 1.54) is 0 Å². The number of nitrogen functional groups attached to an aromatic ring is 1. The molecule has 0 fully saturated rings. The van der Waals surface area contributed by atoms with Gasteiger partial charge >= 0.3 is 0 Å². The van der Waals surface area contributed by atoms with Gasteiger partial charge in [0.2, 0.25) is 0 Å². The highest BCUT2D eigenvalue weighted by atomic mass is 32.2. The molecule has 15 heavy (non-hydrogen) atoms. The topological polar surface area (TPSA) is 43.1 Å². The van der Waals surface area contributed by atoms with Crippen molar-refractivity contribution in [2.24, 2.45) is 0 Å². The van der Waals surface area contributed by atoms with E-state index in [4.69, 9.17) is 5.73 Å². The summed E-state index contributed by atoms with van der Waals surface area (Å²) in [6, 6.07) is 5.70. The van der Waals surface area contributed by atoms with Gasteiger partial charge < -0.3 is 5.73 Å². The maximum Gasteiger partial charge on any atom is 0.0617 e. The minimum absolute atomic E-state index is 0.648. The predicted molar refractivity (Wildman–Crippen MR) is 69.9 cm³/mol. The highest BCUT2D eigenvalue weighted by Crippen LogP contribution is 2.18. The Kier molecular flexibility index (Phi) is 5.19. The van der Waals surface area contributed by atoms with Crippen LogP contribution in [0.25, 0.3) is 0 Å². The molecule has 0 heterocycles. The molecule has 1 rings (SSSR count). The van der Waals surface area contributed by atoms with Crippen LogP contribution in [0, 0.1) is 6.92 Å². The summed E-state index contributed by atoms with van der Waals surface area (Å²) in [5.41, 5.74) is 7.58. The van der Waals surface area contributed by atoms with Gasteiger partial charge in [0, 0.05) is 17.2 Å². The number of aryl methyl sites for hydroxylation is 1. The normalized spacial score (nSPS) is 12.7. The fourth-order valence-corrected chi connectivity index (χ4v) is 3.39. The quantitative estimate of drug-likeness (QED) is 0.638. The molecule has 0 saturated heterocycles. The molecule has 0 spiro atoms. The first-order valence-electron chi connectivity index (χ1n) is 4.97. The molecule has 1 aromatic carbocycles. The fraction of sp³-hybridized carbons (Fsp3) is 0.455. The third kappa shape index (κ3) is 3.87. The van der Waals surface area contributed by atoms with Crippen LogP contribution in [0.3, 0.4) is 0 Å². The Bertz CT molecular complexity index is 352. The maximum absolute atomic E-state index is 11.9. The smallest absolute Gasteiger partial charge is 0.0617 e. The van der Waals surface area contributed by atoms with Gasteiger partial charge in [-0.05, 0) is 30.4 Å². The summed E-state index contributed by atoms with van der Waals surface area (Å²) in [6.07, 6.45) is 0. The van der Waals surface area contributed by atoms with Crippen LogP contribution in [-0.4, -0.2) is 21.5 Å². The number of thioether (sulfide) groups is 1. The van der Waals surface area contributed by atoms with E-state index in [9.17, 15) is 4.21 Å². The predicted octanol–water partition coefficient (Wildman–Crippen LogP) is 2.44. The fourth-order valence-electron chi connectivity index (χ4n) is 1.26. The molecule has 84 valence electrons. The molecule has 4 heteroatoms. The first kappa shape index (κ1) is 12.6. The van der Waals surface area contributed by atoms with Crippen molar-refractivity contribution in [3.63, 3.8) is 0 Å². The second-order valence-corrected chi connectivity index (χ2v) is 6.22. The summed E-state index contributed by atoms with van der Waals surface area (Å²) in [7, 11) is -0.951. The van der Waals surface area contributed by atoms with Crippen molar-refractivity contribution >= 4 is 28.2 Å². The third-order valence-corrected chi connectivity index (χ3v) is 4.62. The van der Waals surface area contributed by atoms with Crippen LogP contribution >= 0.6 is 11.8 Å². The average molecular weight is 243 g/mol. The standard InChI is InChI=1S/C11H17NOS2/c1-3-14-6-7-15(13)11-5-4-9(2)8-10(11)12/h4-5,8H,3,6-7,12H2,1-2H3. The van der Waals surface area contributed by atoms with Gasteiger partial charge in [-0.2, -0.15) is 11.8 Å².